The van der Waals surface area contributed by atoms with Gasteiger partial charge in [0.2, 0.25) is 5.91 Å². The Labute approximate surface area is 194 Å². The van der Waals surface area contributed by atoms with Crippen molar-refractivity contribution in [2.75, 3.05) is 24.6 Å². The first kappa shape index (κ1) is 24.1. The SMILES string of the molecule is CC(=O)N=C(N)/C=C\NSN(C)c1ccc2c(c1)nc(C(C)(C)C)n2CC1CCOCC1. The molecule has 3 rings (SSSR count). The summed E-state index contributed by atoms with van der Waals surface area (Å²) < 4.78 is 13.0. The standard InChI is InChI=1S/C23H34N6O2S/c1-16(30)26-21(24)8-11-25-32-28(5)18-6-7-20-19(14-18)27-22(23(2,3)4)29(20)15-17-9-12-31-13-10-17/h6-8,11,14,17,25H,9-10,12-13,15H2,1-5H3,(H2,24,26,30)/b11-8-. The molecule has 0 radical (unpaired) electrons. The van der Waals surface area contributed by atoms with Crippen LogP contribution in [0.2, 0.25) is 0 Å². The molecule has 0 unspecified atom stereocenters. The lowest BCUT2D eigenvalue weighted by Gasteiger charge is -2.26. The van der Waals surface area contributed by atoms with Crippen molar-refractivity contribution in [3.8, 4) is 0 Å². The van der Waals surface area contributed by atoms with Crippen LogP contribution in [0.4, 0.5) is 5.69 Å². The summed E-state index contributed by atoms with van der Waals surface area (Å²) in [5, 5.41) is 0. The molecule has 1 amide bonds. The van der Waals surface area contributed by atoms with Gasteiger partial charge in [-0.05, 0) is 43.0 Å². The number of benzene rings is 1. The fourth-order valence-electron chi connectivity index (χ4n) is 3.76. The van der Waals surface area contributed by atoms with Gasteiger partial charge in [0, 0.05) is 45.3 Å². The van der Waals surface area contributed by atoms with E-state index in [1.807, 2.05) is 11.4 Å². The number of hydrogen-bond donors (Lipinski definition) is 2. The predicted molar refractivity (Wildman–Crippen MR) is 133 cm³/mol. The third kappa shape index (κ3) is 6.26. The average Bonchev–Trinajstić information content (AvgIpc) is 3.09. The Morgan fingerprint density at radius 1 is 1.41 bits per heavy atom. The van der Waals surface area contributed by atoms with Crippen molar-refractivity contribution in [3.05, 3.63) is 36.3 Å². The fourth-order valence-corrected chi connectivity index (χ4v) is 4.27. The van der Waals surface area contributed by atoms with Crippen LogP contribution >= 0.6 is 12.1 Å². The topological polar surface area (TPSA) is 97.8 Å². The molecule has 1 aliphatic heterocycles. The van der Waals surface area contributed by atoms with E-state index in [1.54, 1.807) is 12.3 Å². The normalized spacial score (nSPS) is 16.1. The van der Waals surface area contributed by atoms with Gasteiger partial charge in [0.05, 0.1) is 28.9 Å². The van der Waals surface area contributed by atoms with Gasteiger partial charge < -0.3 is 24.1 Å². The lowest BCUT2D eigenvalue weighted by atomic mass is 9.94. The van der Waals surface area contributed by atoms with Gasteiger partial charge in [0.1, 0.15) is 11.7 Å². The summed E-state index contributed by atoms with van der Waals surface area (Å²) >= 11 is 1.40. The van der Waals surface area contributed by atoms with Crippen molar-refractivity contribution < 1.29 is 9.53 Å². The molecule has 1 aliphatic rings. The smallest absolute Gasteiger partial charge is 0.244 e. The Morgan fingerprint density at radius 3 is 2.78 bits per heavy atom. The maximum atomic E-state index is 10.9. The highest BCUT2D eigenvalue weighted by molar-refractivity contribution is 7.98. The Balaban J connectivity index is 1.77. The van der Waals surface area contributed by atoms with Crippen molar-refractivity contribution >= 4 is 40.6 Å². The second kappa shape index (κ2) is 10.4. The van der Waals surface area contributed by atoms with E-state index < -0.39 is 0 Å². The largest absolute Gasteiger partial charge is 0.384 e. The van der Waals surface area contributed by atoms with E-state index in [4.69, 9.17) is 15.5 Å². The van der Waals surface area contributed by atoms with Gasteiger partial charge in [0.15, 0.2) is 0 Å². The number of ether oxygens (including phenoxy) is 1. The fraction of sp³-hybridized carbons (Fsp3) is 0.522. The zero-order chi connectivity index (χ0) is 23.3. The minimum Gasteiger partial charge on any atom is -0.384 e. The molecule has 1 aromatic heterocycles. The van der Waals surface area contributed by atoms with Gasteiger partial charge in [-0.1, -0.05) is 20.8 Å². The van der Waals surface area contributed by atoms with E-state index in [0.29, 0.717) is 5.92 Å². The van der Waals surface area contributed by atoms with E-state index in [0.717, 1.165) is 49.6 Å². The molecule has 0 atom stereocenters. The van der Waals surface area contributed by atoms with Crippen LogP contribution in [0.15, 0.2) is 35.5 Å². The number of carbonyl (C=O) groups is 1. The third-order valence-electron chi connectivity index (χ3n) is 5.35. The maximum absolute atomic E-state index is 10.9. The second-order valence-corrected chi connectivity index (χ2v) is 10.1. The van der Waals surface area contributed by atoms with Gasteiger partial charge >= 0.3 is 0 Å². The van der Waals surface area contributed by atoms with Crippen LogP contribution in [-0.2, 0) is 21.5 Å². The third-order valence-corrected chi connectivity index (χ3v) is 6.07. The van der Waals surface area contributed by atoms with Crippen LogP contribution in [0.5, 0.6) is 0 Å². The summed E-state index contributed by atoms with van der Waals surface area (Å²) in [7, 11) is 1.98. The number of fused-ring (bicyclic) bond motifs is 1. The summed E-state index contributed by atoms with van der Waals surface area (Å²) in [6, 6.07) is 6.40. The van der Waals surface area contributed by atoms with Gasteiger partial charge in [0.25, 0.3) is 0 Å². The monoisotopic (exact) mass is 458 g/mol. The molecule has 2 aromatic rings. The molecule has 0 aliphatic carbocycles. The highest BCUT2D eigenvalue weighted by atomic mass is 32.2. The lowest BCUT2D eigenvalue weighted by molar-refractivity contribution is -0.115. The van der Waals surface area contributed by atoms with E-state index >= 15 is 0 Å². The first-order valence-electron chi connectivity index (χ1n) is 10.9. The van der Waals surface area contributed by atoms with Crippen LogP contribution < -0.4 is 14.8 Å². The first-order chi connectivity index (χ1) is 15.1. The van der Waals surface area contributed by atoms with Crippen molar-refractivity contribution in [1.29, 1.82) is 0 Å². The van der Waals surface area contributed by atoms with Crippen LogP contribution in [0, 0.1) is 5.92 Å². The summed E-state index contributed by atoms with van der Waals surface area (Å²) in [6.07, 6.45) is 5.41. The van der Waals surface area contributed by atoms with Gasteiger partial charge in [-0.15, -0.1) is 0 Å². The number of amides is 1. The molecule has 0 bridgehead atoms. The lowest BCUT2D eigenvalue weighted by Crippen LogP contribution is -2.25. The van der Waals surface area contributed by atoms with Crippen LogP contribution in [0.1, 0.15) is 46.4 Å². The molecular weight excluding hydrogens is 424 g/mol. The van der Waals surface area contributed by atoms with Crippen LogP contribution in [0.25, 0.3) is 11.0 Å². The summed E-state index contributed by atoms with van der Waals surface area (Å²) in [5.41, 5.74) is 8.81. The molecule has 8 nitrogen and oxygen atoms in total. The zero-order valence-corrected chi connectivity index (χ0v) is 20.4. The molecule has 1 saturated heterocycles. The number of imidazole rings is 1. The number of rotatable bonds is 7. The quantitative estimate of drug-likeness (QED) is 0.370. The summed E-state index contributed by atoms with van der Waals surface area (Å²) in [6.45, 7) is 10.7. The van der Waals surface area contributed by atoms with Crippen LogP contribution in [0.3, 0.4) is 0 Å². The molecular formula is C23H34N6O2S. The number of nitrogens with zero attached hydrogens (tertiary/aromatic N) is 4. The molecule has 3 N–H and O–H groups in total. The van der Waals surface area contributed by atoms with Crippen molar-refractivity contribution in [2.24, 2.45) is 16.6 Å². The minimum absolute atomic E-state index is 0.0429. The zero-order valence-electron chi connectivity index (χ0n) is 19.6. The number of nitrogens with one attached hydrogen (secondary N) is 1. The molecule has 0 saturated carbocycles. The van der Waals surface area contributed by atoms with Gasteiger partial charge in [-0.3, -0.25) is 4.79 Å². The number of hydrogen-bond acceptors (Lipinski definition) is 6. The first-order valence-corrected chi connectivity index (χ1v) is 11.7. The van der Waals surface area contributed by atoms with E-state index in [-0.39, 0.29) is 17.2 Å². The Kier molecular flexibility index (Phi) is 7.84. The number of amidine groups is 1. The minimum atomic E-state index is -0.323. The van der Waals surface area contributed by atoms with Crippen molar-refractivity contribution in [1.82, 2.24) is 14.3 Å². The number of anilines is 1. The molecule has 9 heteroatoms. The summed E-state index contributed by atoms with van der Waals surface area (Å²) in [5.74, 6) is 1.58. The number of nitrogens with two attached hydrogens (primary N) is 1. The van der Waals surface area contributed by atoms with Gasteiger partial charge in [-0.25, -0.2) is 4.98 Å². The maximum Gasteiger partial charge on any atom is 0.244 e. The Morgan fingerprint density at radius 2 is 2.12 bits per heavy atom. The highest BCUT2D eigenvalue weighted by Gasteiger charge is 2.25. The number of aliphatic imine (C=N–C) groups is 1. The van der Waals surface area contributed by atoms with Crippen molar-refractivity contribution in [3.63, 3.8) is 0 Å². The van der Waals surface area contributed by atoms with E-state index in [9.17, 15) is 4.79 Å². The summed E-state index contributed by atoms with van der Waals surface area (Å²) in [4.78, 5) is 19.6. The Bertz CT molecular complexity index is 1000. The van der Waals surface area contributed by atoms with E-state index in [2.05, 4.69) is 53.3 Å². The predicted octanol–water partition coefficient (Wildman–Crippen LogP) is 3.77. The van der Waals surface area contributed by atoms with E-state index in [1.165, 1.54) is 24.6 Å². The number of carbonyl (C=O) groups excluding carboxylic acids is 1. The molecule has 174 valence electrons. The second-order valence-electron chi connectivity index (χ2n) is 9.12. The highest BCUT2D eigenvalue weighted by Crippen LogP contribution is 2.31. The molecule has 2 heterocycles. The number of aromatic nitrogens is 2. The molecule has 1 aromatic carbocycles. The molecule has 1 fully saturated rings. The Hall–Kier alpha value is -2.52. The van der Waals surface area contributed by atoms with Gasteiger partial charge in [-0.2, -0.15) is 4.99 Å². The van der Waals surface area contributed by atoms with Crippen LogP contribution in [-0.4, -0.2) is 41.6 Å². The average molecular weight is 459 g/mol. The molecule has 32 heavy (non-hydrogen) atoms. The van der Waals surface area contributed by atoms with Crippen molar-refractivity contribution in [2.45, 2.75) is 52.5 Å². The molecule has 0 spiro atoms.